The summed E-state index contributed by atoms with van der Waals surface area (Å²) >= 11 is 0. The second-order valence-corrected chi connectivity index (χ2v) is 4.78. The van der Waals surface area contributed by atoms with Crippen LogP contribution in [0, 0.1) is 18.3 Å². The van der Waals surface area contributed by atoms with E-state index in [1.165, 1.54) is 6.07 Å². The zero-order chi connectivity index (χ0) is 15.2. The second-order valence-electron chi connectivity index (χ2n) is 4.78. The molecule has 1 unspecified atom stereocenters. The predicted octanol–water partition coefficient (Wildman–Crippen LogP) is 2.33. The van der Waals surface area contributed by atoms with Crippen molar-refractivity contribution in [2.24, 2.45) is 0 Å². The van der Waals surface area contributed by atoms with Crippen molar-refractivity contribution < 1.29 is 9.90 Å². The molecule has 0 radical (unpaired) electrons. The molecule has 2 N–H and O–H groups in total. The van der Waals surface area contributed by atoms with Gasteiger partial charge in [0, 0.05) is 12.1 Å². The molecule has 0 saturated carbocycles. The van der Waals surface area contributed by atoms with Crippen LogP contribution in [0.5, 0.6) is 0 Å². The normalized spacial score (nSPS) is 11.5. The molecule has 2 rings (SSSR count). The van der Waals surface area contributed by atoms with Gasteiger partial charge in [0.1, 0.15) is 0 Å². The van der Waals surface area contributed by atoms with Crippen LogP contribution in [0.25, 0.3) is 0 Å². The quantitative estimate of drug-likeness (QED) is 0.902. The lowest BCUT2D eigenvalue weighted by Crippen LogP contribution is -2.28. The molecule has 4 nitrogen and oxygen atoms in total. The first-order valence-electron chi connectivity index (χ1n) is 6.64. The first kappa shape index (κ1) is 14.8. The minimum Gasteiger partial charge on any atom is -0.387 e. The van der Waals surface area contributed by atoms with E-state index in [9.17, 15) is 9.90 Å². The smallest absolute Gasteiger partial charge is 0.251 e. The summed E-state index contributed by atoms with van der Waals surface area (Å²) in [5.41, 5.74) is 2.61. The van der Waals surface area contributed by atoms with E-state index in [1.54, 1.807) is 18.2 Å². The second kappa shape index (κ2) is 6.69. The van der Waals surface area contributed by atoms with Crippen LogP contribution in [0.3, 0.4) is 0 Å². The van der Waals surface area contributed by atoms with Crippen molar-refractivity contribution in [3.63, 3.8) is 0 Å². The summed E-state index contributed by atoms with van der Waals surface area (Å²) in [7, 11) is 0. The molecule has 0 aromatic heterocycles. The number of amides is 1. The molecule has 1 amide bonds. The Morgan fingerprint density at radius 2 is 2.05 bits per heavy atom. The summed E-state index contributed by atoms with van der Waals surface area (Å²) in [4.78, 5) is 12.0. The third kappa shape index (κ3) is 3.68. The number of carbonyl (C=O) groups is 1. The highest BCUT2D eigenvalue weighted by Crippen LogP contribution is 2.16. The topological polar surface area (TPSA) is 73.1 Å². The lowest BCUT2D eigenvalue weighted by atomic mass is 10.0. The Hall–Kier alpha value is -2.64. The van der Waals surface area contributed by atoms with E-state index >= 15 is 0 Å². The highest BCUT2D eigenvalue weighted by atomic mass is 16.3. The average molecular weight is 280 g/mol. The van der Waals surface area contributed by atoms with Gasteiger partial charge in [-0.3, -0.25) is 4.79 Å². The van der Waals surface area contributed by atoms with E-state index in [2.05, 4.69) is 5.32 Å². The fraction of sp³-hybridized carbons (Fsp3) is 0.176. The standard InChI is InChI=1S/C17H16N2O2/c1-12-5-2-3-8-15(12)16(20)11-19-17(21)14-7-4-6-13(9-14)10-18/h2-9,16,20H,11H2,1H3,(H,19,21). The monoisotopic (exact) mass is 280 g/mol. The maximum Gasteiger partial charge on any atom is 0.251 e. The Kier molecular flexibility index (Phi) is 4.70. The Morgan fingerprint density at radius 1 is 1.29 bits per heavy atom. The average Bonchev–Trinajstić information content (AvgIpc) is 2.52. The van der Waals surface area contributed by atoms with Crippen LogP contribution in [0.2, 0.25) is 0 Å². The summed E-state index contributed by atoms with van der Waals surface area (Å²) in [6, 6.07) is 15.9. The SMILES string of the molecule is Cc1ccccc1C(O)CNC(=O)c1cccc(C#N)c1. The van der Waals surface area contributed by atoms with Gasteiger partial charge in [-0.25, -0.2) is 0 Å². The van der Waals surface area contributed by atoms with Gasteiger partial charge >= 0.3 is 0 Å². The molecular formula is C17H16N2O2. The molecule has 0 spiro atoms. The highest BCUT2D eigenvalue weighted by Gasteiger charge is 2.12. The van der Waals surface area contributed by atoms with Gasteiger partial charge in [0.2, 0.25) is 0 Å². The Labute approximate surface area is 123 Å². The van der Waals surface area contributed by atoms with Gasteiger partial charge in [-0.2, -0.15) is 5.26 Å². The molecule has 1 atom stereocenters. The third-order valence-corrected chi connectivity index (χ3v) is 3.26. The Bertz CT molecular complexity index is 689. The molecule has 0 saturated heterocycles. The third-order valence-electron chi connectivity index (χ3n) is 3.26. The summed E-state index contributed by atoms with van der Waals surface area (Å²) in [6.07, 6.45) is -0.755. The first-order valence-corrected chi connectivity index (χ1v) is 6.64. The number of aliphatic hydroxyl groups excluding tert-OH is 1. The Balaban J connectivity index is 2.01. The number of nitriles is 1. The molecular weight excluding hydrogens is 264 g/mol. The number of hydrogen-bond donors (Lipinski definition) is 2. The van der Waals surface area contributed by atoms with Crippen LogP contribution in [-0.4, -0.2) is 17.6 Å². The van der Waals surface area contributed by atoms with Crippen LogP contribution in [0.15, 0.2) is 48.5 Å². The lowest BCUT2D eigenvalue weighted by Gasteiger charge is -2.14. The van der Waals surface area contributed by atoms with Crippen molar-refractivity contribution in [1.82, 2.24) is 5.32 Å². The van der Waals surface area contributed by atoms with Crippen molar-refractivity contribution in [2.45, 2.75) is 13.0 Å². The number of rotatable bonds is 4. The van der Waals surface area contributed by atoms with Crippen LogP contribution in [0.4, 0.5) is 0 Å². The van der Waals surface area contributed by atoms with E-state index in [0.29, 0.717) is 11.1 Å². The summed E-state index contributed by atoms with van der Waals surface area (Å²) in [6.45, 7) is 2.04. The van der Waals surface area contributed by atoms with E-state index in [4.69, 9.17) is 5.26 Å². The molecule has 0 heterocycles. The van der Waals surface area contributed by atoms with Crippen molar-refractivity contribution >= 4 is 5.91 Å². The predicted molar refractivity (Wildman–Crippen MR) is 79.6 cm³/mol. The maximum atomic E-state index is 12.0. The fourth-order valence-corrected chi connectivity index (χ4v) is 2.09. The number of aliphatic hydroxyl groups is 1. The number of benzene rings is 2. The first-order chi connectivity index (χ1) is 10.1. The van der Waals surface area contributed by atoms with Crippen molar-refractivity contribution in [3.05, 3.63) is 70.8 Å². The molecule has 0 aliphatic heterocycles. The van der Waals surface area contributed by atoms with Gasteiger partial charge < -0.3 is 10.4 Å². The van der Waals surface area contributed by atoms with E-state index in [-0.39, 0.29) is 12.5 Å². The van der Waals surface area contributed by atoms with Gasteiger partial charge in [-0.1, -0.05) is 30.3 Å². The molecule has 2 aromatic carbocycles. The van der Waals surface area contributed by atoms with Gasteiger partial charge in [0.05, 0.1) is 17.7 Å². The largest absolute Gasteiger partial charge is 0.387 e. The highest BCUT2D eigenvalue weighted by molar-refractivity contribution is 5.94. The van der Waals surface area contributed by atoms with E-state index in [0.717, 1.165) is 11.1 Å². The summed E-state index contributed by atoms with van der Waals surface area (Å²) < 4.78 is 0. The number of nitrogens with one attached hydrogen (secondary N) is 1. The maximum absolute atomic E-state index is 12.0. The molecule has 2 aromatic rings. The van der Waals surface area contributed by atoms with Gasteiger partial charge in [0.25, 0.3) is 5.91 Å². The number of aryl methyl sites for hydroxylation is 1. The summed E-state index contributed by atoms with van der Waals surface area (Å²) in [5, 5.41) is 21.6. The fourth-order valence-electron chi connectivity index (χ4n) is 2.09. The molecule has 4 heteroatoms. The molecule has 0 aliphatic carbocycles. The van der Waals surface area contributed by atoms with Crippen LogP contribution in [-0.2, 0) is 0 Å². The van der Waals surface area contributed by atoms with Gasteiger partial charge in [0.15, 0.2) is 0 Å². The molecule has 106 valence electrons. The van der Waals surface area contributed by atoms with Gasteiger partial charge in [-0.05, 0) is 36.2 Å². The van der Waals surface area contributed by atoms with Crippen molar-refractivity contribution in [2.75, 3.05) is 6.54 Å². The van der Waals surface area contributed by atoms with Gasteiger partial charge in [-0.15, -0.1) is 0 Å². The number of carbonyl (C=O) groups excluding carboxylic acids is 1. The zero-order valence-corrected chi connectivity index (χ0v) is 11.7. The summed E-state index contributed by atoms with van der Waals surface area (Å²) in [5.74, 6) is -0.306. The van der Waals surface area contributed by atoms with Crippen molar-refractivity contribution in [3.8, 4) is 6.07 Å². The number of hydrogen-bond acceptors (Lipinski definition) is 3. The van der Waals surface area contributed by atoms with E-state index in [1.807, 2.05) is 37.3 Å². The minimum absolute atomic E-state index is 0.125. The van der Waals surface area contributed by atoms with E-state index < -0.39 is 6.10 Å². The minimum atomic E-state index is -0.755. The molecule has 21 heavy (non-hydrogen) atoms. The molecule has 0 bridgehead atoms. The zero-order valence-electron chi connectivity index (χ0n) is 11.7. The molecule has 0 aliphatic rings. The lowest BCUT2D eigenvalue weighted by molar-refractivity contribution is 0.0916. The number of nitrogens with zero attached hydrogens (tertiary/aromatic N) is 1. The van der Waals surface area contributed by atoms with Crippen LogP contribution in [0.1, 0.15) is 33.2 Å². The van der Waals surface area contributed by atoms with Crippen molar-refractivity contribution in [1.29, 1.82) is 5.26 Å². The van der Waals surface area contributed by atoms with Crippen LogP contribution < -0.4 is 5.32 Å². The molecule has 0 fully saturated rings. The Morgan fingerprint density at radius 3 is 2.76 bits per heavy atom. The van der Waals surface area contributed by atoms with Crippen LogP contribution >= 0.6 is 0 Å².